The van der Waals surface area contributed by atoms with Crippen molar-refractivity contribution in [1.29, 1.82) is 0 Å². The SMILES string of the molecule is C[C@H]1C[C@H]2CCCC[C@@H]2[C@@H](C)C1. The lowest BCUT2D eigenvalue weighted by Gasteiger charge is -2.42. The molecule has 2 rings (SSSR count). The summed E-state index contributed by atoms with van der Waals surface area (Å²) in [7, 11) is 0. The van der Waals surface area contributed by atoms with Crippen molar-refractivity contribution in [3.8, 4) is 0 Å². The maximum atomic E-state index is 2.48. The van der Waals surface area contributed by atoms with Crippen LogP contribution >= 0.6 is 0 Å². The highest BCUT2D eigenvalue weighted by Crippen LogP contribution is 2.45. The molecule has 0 spiro atoms. The Balaban J connectivity index is 2.01. The third-order valence-corrected chi connectivity index (χ3v) is 4.18. The standard InChI is InChI=1S/C12H22/c1-9-7-10(2)12-6-4-3-5-11(12)8-9/h9-12H,3-8H2,1-2H3/t9-,10+,11-,12-/m1/s1. The molecule has 2 fully saturated rings. The van der Waals surface area contributed by atoms with Gasteiger partial charge >= 0.3 is 0 Å². The van der Waals surface area contributed by atoms with E-state index in [1.807, 2.05) is 0 Å². The van der Waals surface area contributed by atoms with Gasteiger partial charge in [-0.15, -0.1) is 0 Å². The average Bonchev–Trinajstić information content (AvgIpc) is 2.04. The second-order valence-electron chi connectivity index (χ2n) is 5.26. The summed E-state index contributed by atoms with van der Waals surface area (Å²) in [6.45, 7) is 4.93. The van der Waals surface area contributed by atoms with E-state index >= 15 is 0 Å². The highest BCUT2D eigenvalue weighted by atomic mass is 14.4. The molecule has 70 valence electrons. The summed E-state index contributed by atoms with van der Waals surface area (Å²) in [4.78, 5) is 0. The predicted molar refractivity (Wildman–Crippen MR) is 53.0 cm³/mol. The topological polar surface area (TPSA) is 0 Å². The Morgan fingerprint density at radius 3 is 2.50 bits per heavy atom. The van der Waals surface area contributed by atoms with E-state index in [0.717, 1.165) is 23.7 Å². The van der Waals surface area contributed by atoms with E-state index in [4.69, 9.17) is 0 Å². The van der Waals surface area contributed by atoms with Gasteiger partial charge in [-0.25, -0.2) is 0 Å². The van der Waals surface area contributed by atoms with Crippen LogP contribution in [-0.4, -0.2) is 0 Å². The third kappa shape index (κ3) is 1.53. The first-order valence-electron chi connectivity index (χ1n) is 5.77. The Kier molecular flexibility index (Phi) is 2.43. The Labute approximate surface area is 76.7 Å². The Morgan fingerprint density at radius 2 is 1.67 bits per heavy atom. The van der Waals surface area contributed by atoms with E-state index in [0.29, 0.717) is 0 Å². The third-order valence-electron chi connectivity index (χ3n) is 4.18. The monoisotopic (exact) mass is 166 g/mol. The Hall–Kier alpha value is 0. The molecule has 0 aromatic rings. The molecule has 0 aromatic heterocycles. The molecule has 0 bridgehead atoms. The fraction of sp³-hybridized carbons (Fsp3) is 1.00. The lowest BCUT2D eigenvalue weighted by atomic mass is 9.63. The quantitative estimate of drug-likeness (QED) is 0.512. The number of rotatable bonds is 0. The van der Waals surface area contributed by atoms with Crippen molar-refractivity contribution < 1.29 is 0 Å². The van der Waals surface area contributed by atoms with Gasteiger partial charge in [-0.3, -0.25) is 0 Å². The van der Waals surface area contributed by atoms with Crippen molar-refractivity contribution in [3.63, 3.8) is 0 Å². The first kappa shape index (κ1) is 8.59. The van der Waals surface area contributed by atoms with E-state index < -0.39 is 0 Å². The molecule has 0 nitrogen and oxygen atoms in total. The average molecular weight is 166 g/mol. The second kappa shape index (κ2) is 3.40. The van der Waals surface area contributed by atoms with Crippen molar-refractivity contribution in [2.75, 3.05) is 0 Å². The predicted octanol–water partition coefficient (Wildman–Crippen LogP) is 3.86. The first-order chi connectivity index (χ1) is 5.77. The molecule has 0 unspecified atom stereocenters. The van der Waals surface area contributed by atoms with Crippen LogP contribution in [0.25, 0.3) is 0 Å². The van der Waals surface area contributed by atoms with Crippen molar-refractivity contribution >= 4 is 0 Å². The molecule has 0 heteroatoms. The van der Waals surface area contributed by atoms with Gasteiger partial charge in [0.1, 0.15) is 0 Å². The molecule has 12 heavy (non-hydrogen) atoms. The van der Waals surface area contributed by atoms with Gasteiger partial charge in [0.25, 0.3) is 0 Å². The van der Waals surface area contributed by atoms with Gasteiger partial charge in [0.05, 0.1) is 0 Å². The largest absolute Gasteiger partial charge is 0.0625 e. The van der Waals surface area contributed by atoms with Crippen molar-refractivity contribution in [1.82, 2.24) is 0 Å². The van der Waals surface area contributed by atoms with Gasteiger partial charge in [0, 0.05) is 0 Å². The Bertz CT molecular complexity index is 150. The van der Waals surface area contributed by atoms with Crippen molar-refractivity contribution in [3.05, 3.63) is 0 Å². The van der Waals surface area contributed by atoms with Gasteiger partial charge in [-0.2, -0.15) is 0 Å². The number of fused-ring (bicyclic) bond motifs is 1. The van der Waals surface area contributed by atoms with Crippen LogP contribution in [0.4, 0.5) is 0 Å². The van der Waals surface area contributed by atoms with Crippen LogP contribution in [-0.2, 0) is 0 Å². The molecule has 4 atom stereocenters. The zero-order valence-electron chi connectivity index (χ0n) is 8.55. The van der Waals surface area contributed by atoms with E-state index in [1.54, 1.807) is 12.8 Å². The van der Waals surface area contributed by atoms with Crippen molar-refractivity contribution in [2.45, 2.75) is 52.4 Å². The summed E-state index contributed by atoms with van der Waals surface area (Å²) in [5.41, 5.74) is 0. The molecule has 2 aliphatic rings. The summed E-state index contributed by atoms with van der Waals surface area (Å²) in [6, 6.07) is 0. The summed E-state index contributed by atoms with van der Waals surface area (Å²) in [5.74, 6) is 4.26. The lowest BCUT2D eigenvalue weighted by molar-refractivity contribution is 0.0827. The lowest BCUT2D eigenvalue weighted by Crippen LogP contribution is -2.32. The summed E-state index contributed by atoms with van der Waals surface area (Å²) < 4.78 is 0. The highest BCUT2D eigenvalue weighted by Gasteiger charge is 2.34. The van der Waals surface area contributed by atoms with Crippen LogP contribution < -0.4 is 0 Å². The summed E-state index contributed by atoms with van der Waals surface area (Å²) in [5, 5.41) is 0. The molecule has 0 aliphatic heterocycles. The van der Waals surface area contributed by atoms with E-state index in [9.17, 15) is 0 Å². The molecule has 0 amide bonds. The minimum Gasteiger partial charge on any atom is -0.0625 e. The van der Waals surface area contributed by atoms with Crippen LogP contribution in [0.15, 0.2) is 0 Å². The summed E-state index contributed by atoms with van der Waals surface area (Å²) in [6.07, 6.45) is 9.15. The van der Waals surface area contributed by atoms with Crippen LogP contribution in [0.1, 0.15) is 52.4 Å². The van der Waals surface area contributed by atoms with E-state index in [-0.39, 0.29) is 0 Å². The molecule has 0 N–H and O–H groups in total. The molecule has 0 radical (unpaired) electrons. The maximum absolute atomic E-state index is 2.48. The minimum atomic E-state index is 1.01. The van der Waals surface area contributed by atoms with E-state index in [2.05, 4.69) is 13.8 Å². The van der Waals surface area contributed by atoms with Gasteiger partial charge in [0.15, 0.2) is 0 Å². The Morgan fingerprint density at radius 1 is 0.917 bits per heavy atom. The fourth-order valence-electron chi connectivity index (χ4n) is 3.70. The van der Waals surface area contributed by atoms with E-state index in [1.165, 1.54) is 25.7 Å². The smallest absolute Gasteiger partial charge is 0.0360 e. The van der Waals surface area contributed by atoms with Crippen LogP contribution in [0.3, 0.4) is 0 Å². The molecule has 0 aromatic carbocycles. The van der Waals surface area contributed by atoms with Crippen molar-refractivity contribution in [2.24, 2.45) is 23.7 Å². The van der Waals surface area contributed by atoms with Gasteiger partial charge in [-0.1, -0.05) is 33.1 Å². The first-order valence-corrected chi connectivity index (χ1v) is 5.77. The number of hydrogen-bond donors (Lipinski definition) is 0. The minimum absolute atomic E-state index is 1.01. The normalized spacial score (nSPS) is 48.5. The fourth-order valence-corrected chi connectivity index (χ4v) is 3.70. The summed E-state index contributed by atoms with van der Waals surface area (Å²) >= 11 is 0. The highest BCUT2D eigenvalue weighted by molar-refractivity contribution is 4.85. The molecule has 0 saturated heterocycles. The van der Waals surface area contributed by atoms with Crippen LogP contribution in [0.2, 0.25) is 0 Å². The van der Waals surface area contributed by atoms with Crippen LogP contribution in [0.5, 0.6) is 0 Å². The van der Waals surface area contributed by atoms with Gasteiger partial charge in [-0.05, 0) is 42.9 Å². The molecular formula is C12H22. The maximum Gasteiger partial charge on any atom is -0.0360 e. The molecule has 2 saturated carbocycles. The number of hydrogen-bond acceptors (Lipinski definition) is 0. The van der Waals surface area contributed by atoms with Gasteiger partial charge in [0.2, 0.25) is 0 Å². The molecular weight excluding hydrogens is 144 g/mol. The van der Waals surface area contributed by atoms with Crippen LogP contribution in [0, 0.1) is 23.7 Å². The molecule has 0 heterocycles. The zero-order valence-corrected chi connectivity index (χ0v) is 8.55. The zero-order chi connectivity index (χ0) is 8.55. The second-order valence-corrected chi connectivity index (χ2v) is 5.26. The molecule has 2 aliphatic carbocycles. The van der Waals surface area contributed by atoms with Gasteiger partial charge < -0.3 is 0 Å².